The second-order valence-corrected chi connectivity index (χ2v) is 8.56. The molecule has 1 aliphatic rings. The molecule has 0 radical (unpaired) electrons. The first-order chi connectivity index (χ1) is 17.3. The summed E-state index contributed by atoms with van der Waals surface area (Å²) >= 11 is 11.5. The molecule has 2 N–H and O–H groups in total. The molecule has 0 saturated carbocycles. The number of halogens is 2. The van der Waals surface area contributed by atoms with Crippen molar-refractivity contribution < 1.29 is 23.5 Å². The number of nitrogens with one attached hydrogen (secondary N) is 2. The first kappa shape index (κ1) is 25.1. The molecule has 1 unspecified atom stereocenters. The van der Waals surface area contributed by atoms with E-state index < -0.39 is 29.6 Å². The molecule has 184 valence electrons. The van der Waals surface area contributed by atoms with Crippen molar-refractivity contribution in [3.8, 4) is 5.75 Å². The molecule has 3 aromatic rings. The summed E-state index contributed by atoms with van der Waals surface area (Å²) in [6, 6.07) is 17.0. The highest BCUT2D eigenvalue weighted by Crippen LogP contribution is 2.28. The minimum atomic E-state index is -1.16. The summed E-state index contributed by atoms with van der Waals surface area (Å²) in [5.41, 5.74) is 3.45. The summed E-state index contributed by atoms with van der Waals surface area (Å²) in [6.07, 6.45) is -0.332. The Kier molecular flexibility index (Phi) is 7.47. The maximum Gasteiger partial charge on any atom is 0.269 e. The van der Waals surface area contributed by atoms with Gasteiger partial charge in [0.15, 0.2) is 0 Å². The Bertz CT molecular complexity index is 1340. The molecule has 3 amide bonds. The minimum Gasteiger partial charge on any atom is -0.497 e. The molecule has 0 aliphatic carbocycles. The van der Waals surface area contributed by atoms with Gasteiger partial charge < -0.3 is 10.1 Å². The predicted octanol–water partition coefficient (Wildman–Crippen LogP) is 4.16. The number of hydrazine groups is 1. The maximum atomic E-state index is 13.7. The lowest BCUT2D eigenvalue weighted by Crippen LogP contribution is -2.49. The third-order valence-electron chi connectivity index (χ3n) is 5.34. The second kappa shape index (κ2) is 10.7. The summed E-state index contributed by atoms with van der Waals surface area (Å²) < 4.78 is 18.8. The SMILES string of the molecule is COc1ccc(N2C(=O)C(CC(=O)Nc3cccc(Cl)c3)N(NC(=O)c3cccc(F)c3)C2=S)cc1. The lowest BCUT2D eigenvalue weighted by Gasteiger charge is -2.24. The fourth-order valence-corrected chi connectivity index (χ4v) is 4.18. The molecule has 0 bridgehead atoms. The number of benzene rings is 3. The number of nitrogens with zero attached hydrogens (tertiary/aromatic N) is 2. The Hall–Kier alpha value is -4.02. The van der Waals surface area contributed by atoms with Crippen LogP contribution in [-0.2, 0) is 9.59 Å². The van der Waals surface area contributed by atoms with Crippen molar-refractivity contribution in [3.63, 3.8) is 0 Å². The summed E-state index contributed by atoms with van der Waals surface area (Å²) in [7, 11) is 1.51. The number of carbonyl (C=O) groups is 3. The zero-order chi connectivity index (χ0) is 25.8. The highest BCUT2D eigenvalue weighted by atomic mass is 35.5. The van der Waals surface area contributed by atoms with E-state index in [2.05, 4.69) is 10.7 Å². The van der Waals surface area contributed by atoms with Gasteiger partial charge in [-0.3, -0.25) is 24.7 Å². The minimum absolute atomic E-state index is 0.0234. The first-order valence-electron chi connectivity index (χ1n) is 10.7. The van der Waals surface area contributed by atoms with Crippen molar-refractivity contribution >= 4 is 58.0 Å². The van der Waals surface area contributed by atoms with Crippen molar-refractivity contribution in [2.24, 2.45) is 0 Å². The maximum absolute atomic E-state index is 13.7. The van der Waals surface area contributed by atoms with Crippen molar-refractivity contribution in [2.75, 3.05) is 17.3 Å². The summed E-state index contributed by atoms with van der Waals surface area (Å²) in [6.45, 7) is 0. The van der Waals surface area contributed by atoms with Crippen molar-refractivity contribution in [1.29, 1.82) is 0 Å². The van der Waals surface area contributed by atoms with Gasteiger partial charge in [0.05, 0.1) is 19.2 Å². The number of thiocarbonyl (C=S) groups is 1. The third-order valence-corrected chi connectivity index (χ3v) is 5.96. The van der Waals surface area contributed by atoms with Crippen LogP contribution in [0.2, 0.25) is 5.02 Å². The van der Waals surface area contributed by atoms with Gasteiger partial charge in [-0.25, -0.2) is 9.40 Å². The molecule has 3 aromatic carbocycles. The molecule has 0 spiro atoms. The second-order valence-electron chi connectivity index (χ2n) is 7.75. The molecular weight excluding hydrogens is 507 g/mol. The molecule has 8 nitrogen and oxygen atoms in total. The first-order valence-corrected chi connectivity index (χ1v) is 11.5. The molecule has 4 rings (SSSR count). The predicted molar refractivity (Wildman–Crippen MR) is 137 cm³/mol. The number of methoxy groups -OCH3 is 1. The molecular formula is C25H20ClFN4O4S. The molecule has 1 atom stereocenters. The molecule has 36 heavy (non-hydrogen) atoms. The molecule has 1 aliphatic heterocycles. The topological polar surface area (TPSA) is 91.0 Å². The van der Waals surface area contributed by atoms with Crippen LogP contribution in [-0.4, -0.2) is 41.0 Å². The summed E-state index contributed by atoms with van der Waals surface area (Å²) in [5, 5.41) is 4.22. The van der Waals surface area contributed by atoms with E-state index in [9.17, 15) is 18.8 Å². The van der Waals surface area contributed by atoms with Gasteiger partial charge in [0.25, 0.3) is 11.8 Å². The van der Waals surface area contributed by atoms with Gasteiger partial charge in [-0.05, 0) is 72.9 Å². The van der Waals surface area contributed by atoms with Gasteiger partial charge in [0.1, 0.15) is 17.6 Å². The Morgan fingerprint density at radius 2 is 1.81 bits per heavy atom. The van der Waals surface area contributed by atoms with Crippen LogP contribution in [0.25, 0.3) is 0 Å². The van der Waals surface area contributed by atoms with E-state index in [-0.39, 0.29) is 17.1 Å². The van der Waals surface area contributed by atoms with Crippen LogP contribution in [0.3, 0.4) is 0 Å². The average molecular weight is 527 g/mol. The molecule has 1 heterocycles. The smallest absolute Gasteiger partial charge is 0.269 e. The van der Waals surface area contributed by atoms with Crippen LogP contribution in [0.1, 0.15) is 16.8 Å². The van der Waals surface area contributed by atoms with Gasteiger partial charge in [-0.15, -0.1) is 0 Å². The van der Waals surface area contributed by atoms with Crippen LogP contribution < -0.4 is 20.4 Å². The van der Waals surface area contributed by atoms with Crippen LogP contribution in [0, 0.1) is 5.82 Å². The number of hydrogen-bond donors (Lipinski definition) is 2. The zero-order valence-corrected chi connectivity index (χ0v) is 20.5. The van der Waals surface area contributed by atoms with Gasteiger partial charge in [-0.2, -0.15) is 0 Å². The normalized spacial score (nSPS) is 15.1. The fourth-order valence-electron chi connectivity index (χ4n) is 3.63. The van der Waals surface area contributed by atoms with Gasteiger partial charge in [-0.1, -0.05) is 23.7 Å². The van der Waals surface area contributed by atoms with E-state index in [0.717, 1.165) is 11.1 Å². The highest BCUT2D eigenvalue weighted by molar-refractivity contribution is 7.80. The standard InChI is InChI=1S/C25H20ClFN4O4S/c1-35-20-10-8-19(9-11-20)30-24(34)21(14-22(32)28-18-7-3-5-16(26)13-18)31(25(30)36)29-23(33)15-4-2-6-17(27)12-15/h2-13,21H,14H2,1H3,(H,28,32)(H,29,33). The monoisotopic (exact) mass is 526 g/mol. The Morgan fingerprint density at radius 3 is 2.47 bits per heavy atom. The van der Waals surface area contributed by atoms with Crippen LogP contribution >= 0.6 is 23.8 Å². The van der Waals surface area contributed by atoms with E-state index >= 15 is 0 Å². The number of anilines is 2. The molecule has 1 fully saturated rings. The van der Waals surface area contributed by atoms with Crippen LogP contribution in [0.5, 0.6) is 5.75 Å². The average Bonchev–Trinajstić information content (AvgIpc) is 3.08. The van der Waals surface area contributed by atoms with Gasteiger partial charge >= 0.3 is 0 Å². The van der Waals surface area contributed by atoms with Crippen LogP contribution in [0.15, 0.2) is 72.8 Å². The molecule has 0 aromatic heterocycles. The fraction of sp³-hybridized carbons (Fsp3) is 0.120. The Balaban J connectivity index is 1.61. The summed E-state index contributed by atoms with van der Waals surface area (Å²) in [4.78, 5) is 40.4. The van der Waals surface area contributed by atoms with Crippen molar-refractivity contribution in [3.05, 3.63) is 89.2 Å². The lowest BCUT2D eigenvalue weighted by atomic mass is 10.1. The largest absolute Gasteiger partial charge is 0.497 e. The van der Waals surface area contributed by atoms with E-state index in [1.165, 1.54) is 30.2 Å². The van der Waals surface area contributed by atoms with E-state index in [4.69, 9.17) is 28.6 Å². The van der Waals surface area contributed by atoms with Crippen molar-refractivity contribution in [1.82, 2.24) is 10.4 Å². The van der Waals surface area contributed by atoms with Crippen LogP contribution in [0.4, 0.5) is 15.8 Å². The number of hydrogen-bond acceptors (Lipinski definition) is 5. The zero-order valence-electron chi connectivity index (χ0n) is 18.9. The van der Waals surface area contributed by atoms with Gasteiger partial charge in [0, 0.05) is 16.3 Å². The van der Waals surface area contributed by atoms with Crippen molar-refractivity contribution in [2.45, 2.75) is 12.5 Å². The quantitative estimate of drug-likeness (QED) is 0.449. The Labute approximate surface area is 216 Å². The molecule has 1 saturated heterocycles. The number of rotatable bonds is 7. The van der Waals surface area contributed by atoms with Gasteiger partial charge in [0.2, 0.25) is 11.0 Å². The number of amides is 3. The third kappa shape index (κ3) is 5.45. The van der Waals surface area contributed by atoms with E-state index in [0.29, 0.717) is 22.1 Å². The summed E-state index contributed by atoms with van der Waals surface area (Å²) in [5.74, 6) is -1.74. The highest BCUT2D eigenvalue weighted by Gasteiger charge is 2.45. The van der Waals surface area contributed by atoms with E-state index in [1.54, 1.807) is 48.5 Å². The molecule has 11 heteroatoms. The van der Waals surface area contributed by atoms with E-state index in [1.807, 2.05) is 0 Å². The number of carbonyl (C=O) groups excluding carboxylic acids is 3. The number of ether oxygens (including phenoxy) is 1. The Morgan fingerprint density at radius 1 is 1.08 bits per heavy atom. The lowest BCUT2D eigenvalue weighted by molar-refractivity contribution is -0.124.